The van der Waals surface area contributed by atoms with E-state index in [4.69, 9.17) is 11.5 Å². The van der Waals surface area contributed by atoms with E-state index in [0.717, 1.165) is 84.7 Å². The van der Waals surface area contributed by atoms with Gasteiger partial charge in [-0.2, -0.15) is 5.11 Å². The Labute approximate surface area is 295 Å². The van der Waals surface area contributed by atoms with Crippen LogP contribution in [0.1, 0.15) is 91.3 Å². The van der Waals surface area contributed by atoms with E-state index in [1.807, 2.05) is 61.5 Å². The molecule has 1 aliphatic heterocycles. The number of aryl methyl sites for hydroxylation is 1. The van der Waals surface area contributed by atoms with Gasteiger partial charge in [-0.3, -0.25) is 14.4 Å². The van der Waals surface area contributed by atoms with Gasteiger partial charge in [0, 0.05) is 47.5 Å². The molecule has 3 aromatic rings. The molecule has 50 heavy (non-hydrogen) atoms. The summed E-state index contributed by atoms with van der Waals surface area (Å²) in [5, 5.41) is 11.0. The fraction of sp³-hybridized carbons (Fsp3) is 0.463. The van der Waals surface area contributed by atoms with Crippen LogP contribution in [0.4, 0.5) is 5.69 Å². The summed E-state index contributed by atoms with van der Waals surface area (Å²) < 4.78 is 0. The van der Waals surface area contributed by atoms with E-state index in [0.29, 0.717) is 49.4 Å². The third-order valence-electron chi connectivity index (χ3n) is 11.0. The molecule has 0 spiro atoms. The van der Waals surface area contributed by atoms with Crippen LogP contribution in [0.15, 0.2) is 82.0 Å². The van der Waals surface area contributed by atoms with Crippen molar-refractivity contribution >= 4 is 29.0 Å². The van der Waals surface area contributed by atoms with Crippen LogP contribution in [0.5, 0.6) is 0 Å². The van der Waals surface area contributed by atoms with Gasteiger partial charge in [0.1, 0.15) is 5.78 Å². The molecule has 9 heteroatoms. The van der Waals surface area contributed by atoms with Crippen molar-refractivity contribution < 1.29 is 14.4 Å². The van der Waals surface area contributed by atoms with Crippen molar-refractivity contribution in [3.05, 3.63) is 89.0 Å². The number of azo groups is 1. The topological polar surface area (TPSA) is 152 Å². The van der Waals surface area contributed by atoms with Gasteiger partial charge >= 0.3 is 0 Å². The van der Waals surface area contributed by atoms with Crippen molar-refractivity contribution in [2.45, 2.75) is 83.6 Å². The summed E-state index contributed by atoms with van der Waals surface area (Å²) in [5.41, 5.74) is 18.4. The Hall–Kier alpha value is -4.34. The molecule has 0 radical (unpaired) electrons. The number of hydrogen-bond donors (Lipinski definition) is 3. The van der Waals surface area contributed by atoms with Crippen molar-refractivity contribution in [3.63, 3.8) is 0 Å². The summed E-state index contributed by atoms with van der Waals surface area (Å²) >= 11 is 0. The number of nitrogens with zero attached hydrogens (tertiary/aromatic N) is 3. The van der Waals surface area contributed by atoms with E-state index in [9.17, 15) is 14.4 Å². The maximum absolute atomic E-state index is 13.8. The molecule has 2 aliphatic carbocycles. The predicted molar refractivity (Wildman–Crippen MR) is 198 cm³/mol. The average Bonchev–Trinajstić information content (AvgIpc) is 3.68. The number of nitrogens with one attached hydrogen (secondary N) is 1. The van der Waals surface area contributed by atoms with Gasteiger partial charge < -0.3 is 16.8 Å². The highest BCUT2D eigenvalue weighted by Crippen LogP contribution is 2.32. The average molecular weight is 675 g/mol. The summed E-state index contributed by atoms with van der Waals surface area (Å²) in [5.74, 6) is 1.15. The van der Waals surface area contributed by atoms with Crippen LogP contribution in [-0.4, -0.2) is 42.6 Å². The zero-order chi connectivity index (χ0) is 35.0. The van der Waals surface area contributed by atoms with Crippen molar-refractivity contribution in [2.24, 2.45) is 50.4 Å². The maximum Gasteiger partial charge on any atom is 0.228 e. The molecule has 0 saturated heterocycles. The second-order valence-electron chi connectivity index (χ2n) is 14.6. The number of benzene rings is 3. The third kappa shape index (κ3) is 9.06. The number of nitrogens with two attached hydrogens (primary N) is 2. The molecule has 5 N–H and O–H groups in total. The van der Waals surface area contributed by atoms with E-state index in [2.05, 4.69) is 32.7 Å². The van der Waals surface area contributed by atoms with E-state index in [-0.39, 0.29) is 35.9 Å². The molecular formula is C41H50N6O3. The Bertz CT molecular complexity index is 1720. The van der Waals surface area contributed by atoms with Gasteiger partial charge in [0.15, 0.2) is 18.3 Å². The second-order valence-corrected chi connectivity index (χ2v) is 14.6. The van der Waals surface area contributed by atoms with Crippen LogP contribution in [0.25, 0.3) is 11.1 Å². The maximum atomic E-state index is 13.8. The molecule has 3 aliphatic rings. The molecular weight excluding hydrogens is 624 g/mol. The molecule has 2 fully saturated rings. The van der Waals surface area contributed by atoms with E-state index >= 15 is 0 Å². The monoisotopic (exact) mass is 674 g/mol. The van der Waals surface area contributed by atoms with Gasteiger partial charge in [-0.05, 0) is 136 Å². The lowest BCUT2D eigenvalue weighted by atomic mass is 9.77. The van der Waals surface area contributed by atoms with Gasteiger partial charge in [0.05, 0.1) is 0 Å². The Morgan fingerprint density at radius 1 is 0.840 bits per heavy atom. The number of carbonyl (C=O) groups is 3. The predicted octanol–water partition coefficient (Wildman–Crippen LogP) is 7.44. The minimum Gasteiger partial charge on any atom is -0.330 e. The number of Topliss-reactive ketones (excluding diaryl/α,β-unsaturated/α-hetero) is 2. The second kappa shape index (κ2) is 16.6. The molecule has 9 nitrogen and oxygen atoms in total. The highest BCUT2D eigenvalue weighted by molar-refractivity contribution is 6.01. The van der Waals surface area contributed by atoms with Crippen LogP contribution in [0.2, 0.25) is 0 Å². The molecule has 0 unspecified atom stereocenters. The molecule has 3 aromatic carbocycles. The Kier molecular flexibility index (Phi) is 11.8. The standard InChI is InChI=1S/C41H50N6O3/c1-26-20-33(38(48)22-28-6-15-35(43)16-7-28)14-19-37(26)30-8-2-27(3-9-30)21-34(23-39(49)31-10-4-29(24-42)5-11-31)41(50)46-36-17-12-32(13-18-36)40-44-25-45-47-40/h2-3,8-9,12-14,17-20,28-29,31,34-35H,4-7,10-11,15-16,21-25,42-43H2,1H3,(H,46,50)/t28?,29?,31?,34-,35?/m1/s1. The van der Waals surface area contributed by atoms with Gasteiger partial charge in [0.2, 0.25) is 5.91 Å². The smallest absolute Gasteiger partial charge is 0.228 e. The van der Waals surface area contributed by atoms with Crippen molar-refractivity contribution in [1.29, 1.82) is 0 Å². The van der Waals surface area contributed by atoms with Gasteiger partial charge in [-0.1, -0.05) is 36.4 Å². The SMILES string of the molecule is Cc1cc(C(=O)CC2CCC(N)CC2)ccc1-c1ccc(C[C@H](CC(=O)C2CCC(CN)CC2)C(=O)Nc2ccc(C3=NCN=N3)cc2)cc1. The Balaban J connectivity index is 1.13. The molecule has 0 aromatic heterocycles. The summed E-state index contributed by atoms with van der Waals surface area (Å²) in [4.78, 5) is 44.6. The lowest BCUT2D eigenvalue weighted by molar-refractivity contribution is -0.129. The number of rotatable bonds is 13. The normalized spacial score (nSPS) is 22.5. The van der Waals surface area contributed by atoms with Crippen LogP contribution in [0, 0.1) is 30.6 Å². The lowest BCUT2D eigenvalue weighted by Crippen LogP contribution is -2.31. The largest absolute Gasteiger partial charge is 0.330 e. The van der Waals surface area contributed by atoms with Gasteiger partial charge in [-0.15, -0.1) is 5.11 Å². The number of amides is 1. The van der Waals surface area contributed by atoms with Crippen LogP contribution >= 0.6 is 0 Å². The third-order valence-corrected chi connectivity index (χ3v) is 11.0. The first-order valence-electron chi connectivity index (χ1n) is 18.3. The summed E-state index contributed by atoms with van der Waals surface area (Å²) in [7, 11) is 0. The first-order chi connectivity index (χ1) is 24.2. The molecule has 1 amide bonds. The summed E-state index contributed by atoms with van der Waals surface area (Å²) in [6.07, 6.45) is 8.90. The van der Waals surface area contributed by atoms with Crippen LogP contribution in [0.3, 0.4) is 0 Å². The minimum atomic E-state index is -0.514. The Morgan fingerprint density at radius 2 is 1.52 bits per heavy atom. The molecule has 0 bridgehead atoms. The number of carbonyl (C=O) groups excluding carboxylic acids is 3. The van der Waals surface area contributed by atoms with E-state index in [1.54, 1.807) is 0 Å². The number of aliphatic imine (C=N–C) groups is 1. The van der Waals surface area contributed by atoms with Crippen LogP contribution in [-0.2, 0) is 16.0 Å². The summed E-state index contributed by atoms with van der Waals surface area (Å²) in [6.45, 7) is 3.04. The molecule has 6 rings (SSSR count). The zero-order valence-corrected chi connectivity index (χ0v) is 29.2. The highest BCUT2D eigenvalue weighted by Gasteiger charge is 2.30. The fourth-order valence-electron chi connectivity index (χ4n) is 7.75. The number of ketones is 2. The molecule has 262 valence electrons. The first-order valence-corrected chi connectivity index (χ1v) is 18.3. The summed E-state index contributed by atoms with van der Waals surface area (Å²) in [6, 6.07) is 21.9. The molecule has 1 heterocycles. The zero-order valence-electron chi connectivity index (χ0n) is 29.2. The molecule has 1 atom stereocenters. The highest BCUT2D eigenvalue weighted by atomic mass is 16.2. The van der Waals surface area contributed by atoms with Crippen LogP contribution < -0.4 is 16.8 Å². The van der Waals surface area contributed by atoms with Crippen molar-refractivity contribution in [1.82, 2.24) is 0 Å². The van der Waals surface area contributed by atoms with Gasteiger partial charge in [-0.25, -0.2) is 4.99 Å². The van der Waals surface area contributed by atoms with Crippen molar-refractivity contribution in [3.8, 4) is 11.1 Å². The number of amidine groups is 1. The Morgan fingerprint density at radius 3 is 2.16 bits per heavy atom. The lowest BCUT2D eigenvalue weighted by Gasteiger charge is -2.27. The quantitative estimate of drug-likeness (QED) is 0.161. The molecule has 2 saturated carbocycles. The number of anilines is 1. The van der Waals surface area contributed by atoms with Gasteiger partial charge in [0.25, 0.3) is 0 Å². The first kappa shape index (κ1) is 35.5. The number of hydrogen-bond acceptors (Lipinski definition) is 8. The van der Waals surface area contributed by atoms with Crippen molar-refractivity contribution in [2.75, 3.05) is 18.5 Å². The van der Waals surface area contributed by atoms with E-state index in [1.165, 1.54) is 0 Å². The fourth-order valence-corrected chi connectivity index (χ4v) is 7.75. The van der Waals surface area contributed by atoms with E-state index < -0.39 is 5.92 Å². The minimum absolute atomic E-state index is 0.0186.